The Morgan fingerprint density at radius 3 is 2.22 bits per heavy atom. The second-order valence-electron chi connectivity index (χ2n) is 7.61. The molecule has 0 unspecified atom stereocenters. The molecule has 2 heterocycles. The van der Waals surface area contributed by atoms with Crippen LogP contribution in [0.15, 0.2) is 59.5 Å². The lowest BCUT2D eigenvalue weighted by Crippen LogP contribution is -2.40. The number of benzene rings is 2. The van der Waals surface area contributed by atoms with E-state index in [1.807, 2.05) is 38.1 Å². The summed E-state index contributed by atoms with van der Waals surface area (Å²) >= 11 is 0. The monoisotopic (exact) mass is 457 g/mol. The van der Waals surface area contributed by atoms with E-state index in [-0.39, 0.29) is 32.0 Å². The van der Waals surface area contributed by atoms with E-state index in [9.17, 15) is 17.6 Å². The maximum atomic E-state index is 14.4. The van der Waals surface area contributed by atoms with Gasteiger partial charge in [0.2, 0.25) is 10.0 Å². The molecular weight excluding hydrogens is 433 g/mol. The largest absolute Gasteiger partial charge is 0.379 e. The number of anilines is 1. The average Bonchev–Trinajstić information content (AvgIpc) is 3.13. The average molecular weight is 458 g/mol. The number of carbonyl (C=O) groups is 1. The summed E-state index contributed by atoms with van der Waals surface area (Å²) in [5.74, 6) is -1.28. The quantitative estimate of drug-likeness (QED) is 0.636. The van der Waals surface area contributed by atoms with Crippen molar-refractivity contribution in [1.82, 2.24) is 8.87 Å². The zero-order valence-corrected chi connectivity index (χ0v) is 18.7. The van der Waals surface area contributed by atoms with Crippen LogP contribution in [-0.2, 0) is 14.8 Å². The van der Waals surface area contributed by atoms with Crippen molar-refractivity contribution in [3.63, 3.8) is 0 Å². The van der Waals surface area contributed by atoms with Gasteiger partial charge in [0.1, 0.15) is 10.7 Å². The molecule has 0 spiro atoms. The molecule has 168 valence electrons. The number of halogens is 1. The van der Waals surface area contributed by atoms with Crippen molar-refractivity contribution in [3.8, 4) is 5.69 Å². The lowest BCUT2D eigenvalue weighted by molar-refractivity contribution is 0.0729. The van der Waals surface area contributed by atoms with Gasteiger partial charge in [-0.1, -0.05) is 0 Å². The van der Waals surface area contributed by atoms with E-state index in [2.05, 4.69) is 9.88 Å². The van der Waals surface area contributed by atoms with Crippen LogP contribution in [0.1, 0.15) is 21.7 Å². The lowest BCUT2D eigenvalue weighted by atomic mass is 10.2. The molecule has 0 bridgehead atoms. The molecule has 2 aromatic carbocycles. The topological polar surface area (TPSA) is 80.6 Å². The minimum atomic E-state index is -4.03. The number of aryl methyl sites for hydroxylation is 2. The zero-order chi connectivity index (χ0) is 22.9. The molecule has 1 fully saturated rings. The summed E-state index contributed by atoms with van der Waals surface area (Å²) in [5.41, 5.74) is 3.70. The van der Waals surface area contributed by atoms with Crippen LogP contribution in [0.2, 0.25) is 0 Å². The maximum Gasteiger partial charge on any atom is 0.255 e. The van der Waals surface area contributed by atoms with Gasteiger partial charge in [0.15, 0.2) is 0 Å². The molecule has 1 aliphatic rings. The predicted octanol–water partition coefficient (Wildman–Crippen LogP) is 3.51. The first-order chi connectivity index (χ1) is 15.3. The molecule has 1 aromatic heterocycles. The molecule has 1 saturated heterocycles. The number of ether oxygens (including phenoxy) is 1. The van der Waals surface area contributed by atoms with Crippen molar-refractivity contribution in [3.05, 3.63) is 77.4 Å². The fourth-order valence-electron chi connectivity index (χ4n) is 3.75. The summed E-state index contributed by atoms with van der Waals surface area (Å²) in [6, 6.07) is 14.6. The van der Waals surface area contributed by atoms with Gasteiger partial charge in [-0.15, -0.1) is 0 Å². The Morgan fingerprint density at radius 2 is 1.59 bits per heavy atom. The third-order valence-corrected chi connectivity index (χ3v) is 7.35. The second-order valence-corrected chi connectivity index (χ2v) is 9.52. The molecule has 0 atom stereocenters. The molecule has 0 radical (unpaired) electrons. The zero-order valence-electron chi connectivity index (χ0n) is 17.8. The molecule has 3 aromatic rings. The molecule has 1 amide bonds. The molecule has 9 heteroatoms. The summed E-state index contributed by atoms with van der Waals surface area (Å²) in [6.45, 7) is 4.84. The van der Waals surface area contributed by atoms with Gasteiger partial charge in [-0.3, -0.25) is 4.79 Å². The smallest absolute Gasteiger partial charge is 0.255 e. The Labute approximate surface area is 186 Å². The molecule has 32 heavy (non-hydrogen) atoms. The van der Waals surface area contributed by atoms with Crippen LogP contribution >= 0.6 is 0 Å². The standard InChI is InChI=1S/C23H24FN3O4S/c1-16-3-4-17(2)27(16)20-8-5-18(6-9-20)23(28)25-19-7-10-21(24)22(15-19)32(29,30)26-11-13-31-14-12-26/h3-10,15H,11-14H2,1-2H3,(H,25,28). The summed E-state index contributed by atoms with van der Waals surface area (Å²) in [5, 5.41) is 2.66. The number of nitrogens with zero attached hydrogens (tertiary/aromatic N) is 2. The van der Waals surface area contributed by atoms with Crippen molar-refractivity contribution >= 4 is 21.6 Å². The highest BCUT2D eigenvalue weighted by molar-refractivity contribution is 7.89. The first-order valence-corrected chi connectivity index (χ1v) is 11.7. The van der Waals surface area contributed by atoms with Gasteiger partial charge in [-0.25, -0.2) is 12.8 Å². The van der Waals surface area contributed by atoms with Gasteiger partial charge >= 0.3 is 0 Å². The number of carbonyl (C=O) groups excluding carboxylic acids is 1. The van der Waals surface area contributed by atoms with Gasteiger partial charge in [-0.2, -0.15) is 4.31 Å². The number of nitrogens with one attached hydrogen (secondary N) is 1. The van der Waals surface area contributed by atoms with E-state index in [1.54, 1.807) is 12.1 Å². The van der Waals surface area contributed by atoms with Crippen molar-refractivity contribution < 1.29 is 22.3 Å². The minimum Gasteiger partial charge on any atom is -0.379 e. The minimum absolute atomic E-state index is 0.158. The summed E-state index contributed by atoms with van der Waals surface area (Å²) < 4.78 is 48.5. The fourth-order valence-corrected chi connectivity index (χ4v) is 5.24. The van der Waals surface area contributed by atoms with E-state index in [4.69, 9.17) is 4.74 Å². The summed E-state index contributed by atoms with van der Waals surface area (Å²) in [7, 11) is -4.03. The van der Waals surface area contributed by atoms with Gasteiger partial charge in [0.05, 0.1) is 13.2 Å². The molecule has 1 N–H and O–H groups in total. The Kier molecular flexibility index (Phi) is 6.14. The van der Waals surface area contributed by atoms with E-state index in [0.29, 0.717) is 5.56 Å². The normalized spacial score (nSPS) is 15.0. The third-order valence-electron chi connectivity index (χ3n) is 5.44. The first-order valence-electron chi connectivity index (χ1n) is 10.2. The van der Waals surface area contributed by atoms with Crippen LogP contribution in [0.5, 0.6) is 0 Å². The van der Waals surface area contributed by atoms with E-state index >= 15 is 0 Å². The number of hydrogen-bond donors (Lipinski definition) is 1. The predicted molar refractivity (Wildman–Crippen MR) is 119 cm³/mol. The van der Waals surface area contributed by atoms with Gasteiger partial charge in [-0.05, 0) is 68.4 Å². The summed E-state index contributed by atoms with van der Waals surface area (Å²) in [4.78, 5) is 12.2. The van der Waals surface area contributed by atoms with Gasteiger partial charge in [0, 0.05) is 41.4 Å². The van der Waals surface area contributed by atoms with Crippen LogP contribution in [0.25, 0.3) is 5.69 Å². The number of aromatic nitrogens is 1. The third kappa shape index (κ3) is 4.32. The van der Waals surface area contributed by atoms with Gasteiger partial charge < -0.3 is 14.6 Å². The Bertz CT molecular complexity index is 1230. The fraction of sp³-hybridized carbons (Fsp3) is 0.261. The molecule has 1 aliphatic heterocycles. The van der Waals surface area contributed by atoms with Crippen molar-refractivity contribution in [2.24, 2.45) is 0 Å². The number of morpholine rings is 1. The first kappa shape index (κ1) is 22.2. The molecule has 0 saturated carbocycles. The highest BCUT2D eigenvalue weighted by Crippen LogP contribution is 2.24. The van der Waals surface area contributed by atoms with Crippen LogP contribution in [0.3, 0.4) is 0 Å². The Hall–Kier alpha value is -3.01. The van der Waals surface area contributed by atoms with Crippen LogP contribution in [0.4, 0.5) is 10.1 Å². The summed E-state index contributed by atoms with van der Waals surface area (Å²) in [6.07, 6.45) is 0. The number of amides is 1. The molecule has 4 rings (SSSR count). The van der Waals surface area contributed by atoms with E-state index < -0.39 is 26.6 Å². The lowest BCUT2D eigenvalue weighted by Gasteiger charge is -2.26. The molecule has 7 nitrogen and oxygen atoms in total. The Morgan fingerprint density at radius 1 is 0.969 bits per heavy atom. The van der Waals surface area contributed by atoms with Crippen LogP contribution in [0, 0.1) is 19.7 Å². The van der Waals surface area contributed by atoms with Crippen molar-refractivity contribution in [2.75, 3.05) is 31.6 Å². The van der Waals surface area contributed by atoms with Crippen molar-refractivity contribution in [2.45, 2.75) is 18.7 Å². The van der Waals surface area contributed by atoms with E-state index in [1.165, 1.54) is 10.4 Å². The highest BCUT2D eigenvalue weighted by atomic mass is 32.2. The number of sulfonamides is 1. The molecule has 0 aliphatic carbocycles. The van der Waals surface area contributed by atoms with Crippen molar-refractivity contribution in [1.29, 1.82) is 0 Å². The maximum absolute atomic E-state index is 14.4. The highest BCUT2D eigenvalue weighted by Gasteiger charge is 2.29. The van der Waals surface area contributed by atoms with E-state index in [0.717, 1.165) is 29.2 Å². The SMILES string of the molecule is Cc1ccc(C)n1-c1ccc(C(=O)Nc2ccc(F)c(S(=O)(=O)N3CCOCC3)c2)cc1. The van der Waals surface area contributed by atoms with Crippen LogP contribution < -0.4 is 5.32 Å². The van der Waals surface area contributed by atoms with Crippen LogP contribution in [-0.4, -0.2) is 49.5 Å². The molecular formula is C23H24FN3O4S. The number of rotatable bonds is 5. The second kappa shape index (κ2) is 8.85. The number of hydrogen-bond acceptors (Lipinski definition) is 4. The Balaban J connectivity index is 1.54. The van der Waals surface area contributed by atoms with Gasteiger partial charge in [0.25, 0.3) is 5.91 Å².